The van der Waals surface area contributed by atoms with Crippen LogP contribution >= 0.6 is 11.2 Å². The second-order valence-electron chi connectivity index (χ2n) is 13.4. The predicted molar refractivity (Wildman–Crippen MR) is 187 cm³/mol. The zero-order chi connectivity index (χ0) is 34.9. The van der Waals surface area contributed by atoms with Crippen LogP contribution in [0.25, 0.3) is 0 Å². The van der Waals surface area contributed by atoms with Crippen LogP contribution in [-0.2, 0) is 27.2 Å². The molecule has 1 heterocycles. The first-order chi connectivity index (χ1) is 22.1. The fourth-order valence-corrected chi connectivity index (χ4v) is 5.77. The molecule has 2 aromatic carbocycles. The average molecular weight is 666 g/mol. The summed E-state index contributed by atoms with van der Waals surface area (Å²) in [5.41, 5.74) is 3.65. The number of aliphatic hydroxyl groups excluding tert-OH is 3. The van der Waals surface area contributed by atoms with Crippen LogP contribution in [0.5, 0.6) is 0 Å². The Labute approximate surface area is 283 Å². The molecule has 1 aliphatic heterocycles. The topological polar surface area (TPSA) is 131 Å². The van der Waals surface area contributed by atoms with Gasteiger partial charge in [-0.15, -0.1) is 17.6 Å². The molecule has 1 fully saturated rings. The monoisotopic (exact) mass is 665 g/mol. The van der Waals surface area contributed by atoms with Crippen LogP contribution in [0.1, 0.15) is 74.5 Å². The minimum atomic E-state index is -1.34. The minimum absolute atomic E-state index is 0.174. The Kier molecular flexibility index (Phi) is 13.6. The number of carbonyl (C=O) groups excluding carboxylic acids is 2. The minimum Gasteiger partial charge on any atom is -0.387 e. The summed E-state index contributed by atoms with van der Waals surface area (Å²) in [6, 6.07) is 14.1. The van der Waals surface area contributed by atoms with Gasteiger partial charge in [-0.3, -0.25) is 14.5 Å². The maximum atomic E-state index is 12.7. The highest BCUT2D eigenvalue weighted by molar-refractivity contribution is 7.87. The van der Waals surface area contributed by atoms with Crippen molar-refractivity contribution in [2.45, 2.75) is 102 Å². The molecule has 3 rings (SSSR count). The fourth-order valence-electron chi connectivity index (χ4n) is 5.34. The van der Waals surface area contributed by atoms with Gasteiger partial charge in [0.05, 0.1) is 5.54 Å². The number of carbonyl (C=O) groups is 2. The third-order valence-electron chi connectivity index (χ3n) is 8.90. The number of aliphatic hydroxyl groups is 3. The third kappa shape index (κ3) is 10.4. The van der Waals surface area contributed by atoms with Crippen LogP contribution < -0.4 is 10.6 Å². The molecule has 5 atom stereocenters. The zero-order valence-electron chi connectivity index (χ0n) is 28.7. The Hall–Kier alpha value is -3.26. The van der Waals surface area contributed by atoms with Crippen molar-refractivity contribution in [1.82, 2.24) is 15.5 Å². The molecule has 0 bridgehead atoms. The Morgan fingerprint density at radius 1 is 1.02 bits per heavy atom. The smallest absolute Gasteiger partial charge is 0.245 e. The van der Waals surface area contributed by atoms with Crippen molar-refractivity contribution in [2.75, 3.05) is 26.4 Å². The molecule has 0 saturated carbocycles. The molecule has 1 unspecified atom stereocenters. The van der Waals surface area contributed by atoms with Gasteiger partial charge in [0.2, 0.25) is 11.8 Å². The van der Waals surface area contributed by atoms with Gasteiger partial charge in [0.25, 0.3) is 0 Å². The molecule has 5 N–H and O–H groups in total. The van der Waals surface area contributed by atoms with E-state index in [0.717, 1.165) is 34.2 Å². The number of aryl methyl sites for hydroxylation is 2. The number of benzene rings is 2. The Balaban J connectivity index is 1.50. The molecule has 10 heteroatoms. The van der Waals surface area contributed by atoms with Gasteiger partial charge in [-0.05, 0) is 88.7 Å². The standard InChI is InChI=1S/C37H51N3O6S/c1-9-36(3,4)40(7)20-19-38-35(45)37(5,6)39-30(41)12-10-11-25-14-16-26(17-15-25)21-28-22-27(18-13-24(28)2)34-33(44)32(43)31(42)29(46-34)23-47-8/h1,13-18,22,29,31-34,42-44H,10-12,19-21H2,2-8H3,(H,38,45)(H,39,41)/t29?,31-,32+,33-,34+/m1/s1. The maximum Gasteiger partial charge on any atom is 0.245 e. The van der Waals surface area contributed by atoms with E-state index in [1.165, 1.54) is 11.2 Å². The van der Waals surface area contributed by atoms with E-state index in [0.29, 0.717) is 32.4 Å². The lowest BCUT2D eigenvalue weighted by atomic mass is 9.89. The molecule has 0 spiro atoms. The van der Waals surface area contributed by atoms with E-state index in [1.54, 1.807) is 20.1 Å². The van der Waals surface area contributed by atoms with E-state index in [4.69, 9.17) is 11.2 Å². The molecule has 0 radical (unpaired) electrons. The number of terminal acetylenes is 1. The summed E-state index contributed by atoms with van der Waals surface area (Å²) in [4.78, 5) is 27.4. The van der Waals surface area contributed by atoms with Gasteiger partial charge < -0.3 is 30.7 Å². The second kappa shape index (κ2) is 16.7. The number of nitrogens with one attached hydrogen (secondary N) is 2. The summed E-state index contributed by atoms with van der Waals surface area (Å²) in [6.45, 7) is 10.3. The number of hydrogen-bond acceptors (Lipinski definition) is 7. The van der Waals surface area contributed by atoms with Crippen LogP contribution in [0.4, 0.5) is 0 Å². The molecule has 1 saturated heterocycles. The molecule has 256 valence electrons. The SMILES string of the molecule is C#CC(C)(C)N(C)CCNC(=O)C(C)(C)NC(=O)CCCc1ccc(Cc2cc([C@@H]3OC(C#SC)[C@@H](O)[C@H](O)[C@H]3O)ccc2C)cc1. The molecule has 2 aromatic rings. The van der Waals surface area contributed by atoms with Gasteiger partial charge in [-0.2, -0.15) is 0 Å². The van der Waals surface area contributed by atoms with E-state index < -0.39 is 41.6 Å². The molecule has 47 heavy (non-hydrogen) atoms. The Morgan fingerprint density at radius 2 is 1.68 bits per heavy atom. The van der Waals surface area contributed by atoms with Crippen molar-refractivity contribution in [3.63, 3.8) is 0 Å². The fraction of sp³-hybridized carbons (Fsp3) is 0.541. The molecule has 0 aromatic heterocycles. The van der Waals surface area contributed by atoms with Gasteiger partial charge in [-0.25, -0.2) is 0 Å². The van der Waals surface area contributed by atoms with Crippen molar-refractivity contribution in [1.29, 1.82) is 0 Å². The maximum absolute atomic E-state index is 12.7. The van der Waals surface area contributed by atoms with Gasteiger partial charge in [0.15, 0.2) is 0 Å². The quantitative estimate of drug-likeness (QED) is 0.208. The number of nitrogens with zero attached hydrogens (tertiary/aromatic N) is 1. The summed E-state index contributed by atoms with van der Waals surface area (Å²) in [6.07, 6.45) is 4.23. The van der Waals surface area contributed by atoms with E-state index >= 15 is 0 Å². The van der Waals surface area contributed by atoms with Crippen molar-refractivity contribution in [2.24, 2.45) is 0 Å². The average Bonchev–Trinajstić information content (AvgIpc) is 3.02. The van der Waals surface area contributed by atoms with Crippen molar-refractivity contribution in [3.8, 4) is 17.5 Å². The molecular weight excluding hydrogens is 614 g/mol. The third-order valence-corrected chi connectivity index (χ3v) is 9.36. The molecule has 9 nitrogen and oxygen atoms in total. The van der Waals surface area contributed by atoms with Crippen molar-refractivity contribution < 1.29 is 29.6 Å². The van der Waals surface area contributed by atoms with Crippen molar-refractivity contribution in [3.05, 3.63) is 70.3 Å². The highest BCUT2D eigenvalue weighted by Gasteiger charge is 2.43. The van der Waals surface area contributed by atoms with Gasteiger partial charge in [-0.1, -0.05) is 53.6 Å². The van der Waals surface area contributed by atoms with Crippen molar-refractivity contribution >= 4 is 23.0 Å². The molecule has 2 amide bonds. The van der Waals surface area contributed by atoms with E-state index in [9.17, 15) is 24.9 Å². The van der Waals surface area contributed by atoms with Gasteiger partial charge in [0.1, 0.15) is 36.1 Å². The van der Waals surface area contributed by atoms with Crippen LogP contribution in [0.15, 0.2) is 42.5 Å². The van der Waals surface area contributed by atoms with E-state index in [1.807, 2.05) is 50.9 Å². The summed E-state index contributed by atoms with van der Waals surface area (Å²) < 4.78 is 5.95. The van der Waals surface area contributed by atoms with Crippen LogP contribution in [0.2, 0.25) is 0 Å². The lowest BCUT2D eigenvalue weighted by Crippen LogP contribution is -2.56. The van der Waals surface area contributed by atoms with Crippen LogP contribution in [-0.4, -0.2) is 93.9 Å². The number of hydrogen-bond donors (Lipinski definition) is 5. The normalized spacial score (nSPS) is 21.4. The highest BCUT2D eigenvalue weighted by Crippen LogP contribution is 2.33. The zero-order valence-corrected chi connectivity index (χ0v) is 29.5. The van der Waals surface area contributed by atoms with Gasteiger partial charge in [0, 0.05) is 25.8 Å². The van der Waals surface area contributed by atoms with E-state index in [2.05, 4.69) is 46.0 Å². The lowest BCUT2D eigenvalue weighted by Gasteiger charge is -2.39. The van der Waals surface area contributed by atoms with Crippen LogP contribution in [0.3, 0.4) is 0 Å². The number of ether oxygens (including phenoxy) is 1. The molecular formula is C37H51N3O6S. The summed E-state index contributed by atoms with van der Waals surface area (Å²) in [5, 5.41) is 40.1. The Morgan fingerprint density at radius 3 is 2.32 bits per heavy atom. The lowest BCUT2D eigenvalue weighted by molar-refractivity contribution is -0.209. The highest BCUT2D eigenvalue weighted by atomic mass is 32.1. The first kappa shape index (κ1) is 38.2. The first-order valence-corrected chi connectivity index (χ1v) is 17.3. The Bertz CT molecular complexity index is 1490. The summed E-state index contributed by atoms with van der Waals surface area (Å²) in [5.74, 6) is 2.31. The summed E-state index contributed by atoms with van der Waals surface area (Å²) in [7, 11) is 1.91. The first-order valence-electron chi connectivity index (χ1n) is 16.0. The van der Waals surface area contributed by atoms with Crippen LogP contribution in [0, 0.1) is 24.5 Å². The predicted octanol–water partition coefficient (Wildman–Crippen LogP) is 3.11. The van der Waals surface area contributed by atoms with E-state index in [-0.39, 0.29) is 11.8 Å². The van der Waals surface area contributed by atoms with Gasteiger partial charge >= 0.3 is 0 Å². The molecule has 1 aliphatic rings. The largest absolute Gasteiger partial charge is 0.387 e. The number of likely N-dealkylation sites (N-methyl/N-ethyl adjacent to an activating group) is 1. The molecule has 0 aliphatic carbocycles. The number of rotatable bonds is 13. The number of amides is 2. The second-order valence-corrected chi connectivity index (χ2v) is 14.0. The summed E-state index contributed by atoms with van der Waals surface area (Å²) >= 11 is 1.27.